The smallest absolute Gasteiger partial charge is 0.308 e. The van der Waals surface area contributed by atoms with E-state index >= 15 is 0 Å². The molecule has 2 amide bonds. The fourth-order valence-corrected chi connectivity index (χ4v) is 4.20. The molecule has 1 aromatic heterocycles. The fraction of sp³-hybridized carbons (Fsp3) is 0.333. The third-order valence-electron chi connectivity index (χ3n) is 5.85. The molecule has 2 heterocycles. The summed E-state index contributed by atoms with van der Waals surface area (Å²) in [4.78, 5) is 36.5. The Kier molecular flexibility index (Phi) is 5.79. The van der Waals surface area contributed by atoms with Crippen LogP contribution < -0.4 is 20.1 Å². The number of aromatic nitrogens is 2. The van der Waals surface area contributed by atoms with Gasteiger partial charge >= 0.3 is 5.97 Å². The summed E-state index contributed by atoms with van der Waals surface area (Å²) < 4.78 is 17.0. The van der Waals surface area contributed by atoms with E-state index in [0.717, 1.165) is 31.2 Å². The largest absolute Gasteiger partial charge is 0.456 e. The number of rotatable bonds is 7. The van der Waals surface area contributed by atoms with Crippen LogP contribution in [0.25, 0.3) is 10.9 Å². The number of hydrogen-bond donors (Lipinski definition) is 3. The number of anilines is 1. The lowest BCUT2D eigenvalue weighted by Crippen LogP contribution is -2.34. The number of fused-ring (bicyclic) bond motifs is 2. The van der Waals surface area contributed by atoms with Crippen LogP contribution >= 0.6 is 0 Å². The minimum Gasteiger partial charge on any atom is -0.456 e. The van der Waals surface area contributed by atoms with Crippen LogP contribution in [0.5, 0.6) is 11.5 Å². The minimum atomic E-state index is -0.601. The van der Waals surface area contributed by atoms with E-state index < -0.39 is 30.2 Å². The monoisotopic (exact) mass is 464 g/mol. The number of nitrogens with zero attached hydrogens (tertiary/aromatic N) is 1. The van der Waals surface area contributed by atoms with E-state index in [-0.39, 0.29) is 18.7 Å². The lowest BCUT2D eigenvalue weighted by molar-refractivity contribution is -0.147. The van der Waals surface area contributed by atoms with Gasteiger partial charge in [-0.15, -0.1) is 0 Å². The average molecular weight is 464 g/mol. The van der Waals surface area contributed by atoms with Crippen molar-refractivity contribution in [2.24, 2.45) is 0 Å². The van der Waals surface area contributed by atoms with E-state index in [9.17, 15) is 14.4 Å². The van der Waals surface area contributed by atoms with Crippen LogP contribution in [-0.2, 0) is 14.3 Å². The van der Waals surface area contributed by atoms with Crippen molar-refractivity contribution in [1.29, 1.82) is 0 Å². The number of hydrogen-bond acceptors (Lipinski definition) is 7. The molecule has 0 atom stereocenters. The van der Waals surface area contributed by atoms with Gasteiger partial charge in [-0.1, -0.05) is 18.2 Å². The quantitative estimate of drug-likeness (QED) is 0.458. The zero-order chi connectivity index (χ0) is 23.5. The third kappa shape index (κ3) is 4.52. The van der Waals surface area contributed by atoms with Crippen LogP contribution in [0, 0.1) is 0 Å². The van der Waals surface area contributed by atoms with E-state index in [1.165, 1.54) is 0 Å². The molecule has 1 aliphatic carbocycles. The van der Waals surface area contributed by atoms with Gasteiger partial charge in [-0.25, -0.2) is 0 Å². The predicted octanol–water partition coefficient (Wildman–Crippen LogP) is 2.91. The van der Waals surface area contributed by atoms with Crippen LogP contribution in [0.4, 0.5) is 5.69 Å². The molecule has 5 rings (SSSR count). The molecule has 1 saturated carbocycles. The normalized spacial score (nSPS) is 15.4. The van der Waals surface area contributed by atoms with E-state index in [2.05, 4.69) is 20.8 Å². The standard InChI is InChI=1S/C24H24N4O6/c29-20(26-15-7-8-18-19(13-15)34-24(33-18)10-3-4-11-24)14-32-21(30)9-12-25-23(31)22-16-5-1-2-6-17(16)27-28-22/h1-2,5-8,13H,3-4,9-12,14H2,(H,25,31)(H,26,29)(H,27,28). The zero-order valence-electron chi connectivity index (χ0n) is 18.4. The van der Waals surface area contributed by atoms with Crippen molar-refractivity contribution >= 4 is 34.4 Å². The van der Waals surface area contributed by atoms with Crippen molar-refractivity contribution in [2.45, 2.75) is 37.9 Å². The van der Waals surface area contributed by atoms with Gasteiger partial charge in [-0.3, -0.25) is 19.5 Å². The summed E-state index contributed by atoms with van der Waals surface area (Å²) >= 11 is 0. The number of carbonyl (C=O) groups is 3. The Hall–Kier alpha value is -4.08. The summed E-state index contributed by atoms with van der Waals surface area (Å²) in [6.07, 6.45) is 3.74. The maximum atomic E-state index is 12.3. The highest BCUT2D eigenvalue weighted by molar-refractivity contribution is 6.04. The molecule has 1 fully saturated rings. The average Bonchev–Trinajstić information content (AvgIpc) is 3.55. The maximum Gasteiger partial charge on any atom is 0.308 e. The molecular weight excluding hydrogens is 440 g/mol. The topological polar surface area (TPSA) is 132 Å². The van der Waals surface area contributed by atoms with Gasteiger partial charge in [0, 0.05) is 36.5 Å². The van der Waals surface area contributed by atoms with Gasteiger partial charge in [0.25, 0.3) is 17.6 Å². The summed E-state index contributed by atoms with van der Waals surface area (Å²) in [5.74, 6) is -0.787. The zero-order valence-corrected chi connectivity index (χ0v) is 18.4. The summed E-state index contributed by atoms with van der Waals surface area (Å²) in [7, 11) is 0. The molecule has 2 aromatic carbocycles. The summed E-state index contributed by atoms with van der Waals surface area (Å²) in [6.45, 7) is -0.375. The Labute approximate surface area is 194 Å². The number of ether oxygens (including phenoxy) is 3. The Morgan fingerprint density at radius 3 is 2.71 bits per heavy atom. The molecule has 0 saturated heterocycles. The summed E-state index contributed by atoms with van der Waals surface area (Å²) in [5, 5.41) is 12.8. The molecule has 176 valence electrons. The SMILES string of the molecule is O=C(COC(=O)CCNC(=O)c1n[nH]c2ccccc12)Nc1ccc2c(c1)OC1(CCCC1)O2. The van der Waals surface area contributed by atoms with Crippen molar-refractivity contribution in [3.63, 3.8) is 0 Å². The molecule has 1 spiro atoms. The molecule has 34 heavy (non-hydrogen) atoms. The van der Waals surface area contributed by atoms with E-state index in [1.54, 1.807) is 24.3 Å². The highest BCUT2D eigenvalue weighted by atomic mass is 16.7. The molecule has 3 aromatic rings. The van der Waals surface area contributed by atoms with Crippen LogP contribution in [0.15, 0.2) is 42.5 Å². The first kappa shape index (κ1) is 21.7. The number of esters is 1. The molecule has 0 unspecified atom stereocenters. The first-order valence-electron chi connectivity index (χ1n) is 11.2. The molecule has 10 nitrogen and oxygen atoms in total. The molecule has 3 N–H and O–H groups in total. The molecule has 10 heteroatoms. The second kappa shape index (κ2) is 9.05. The van der Waals surface area contributed by atoms with Crippen LogP contribution in [-0.4, -0.2) is 46.9 Å². The number of carbonyl (C=O) groups excluding carboxylic acids is 3. The maximum absolute atomic E-state index is 12.3. The van der Waals surface area contributed by atoms with Gasteiger partial charge in [0.15, 0.2) is 23.8 Å². The van der Waals surface area contributed by atoms with Crippen LogP contribution in [0.1, 0.15) is 42.6 Å². The van der Waals surface area contributed by atoms with Crippen molar-refractivity contribution in [2.75, 3.05) is 18.5 Å². The number of nitrogens with one attached hydrogen (secondary N) is 3. The Bertz CT molecular complexity index is 1250. The van der Waals surface area contributed by atoms with Crippen LogP contribution in [0.2, 0.25) is 0 Å². The molecule has 1 aliphatic heterocycles. The number of amides is 2. The number of H-pyrrole nitrogens is 1. The Balaban J connectivity index is 1.05. The van der Waals surface area contributed by atoms with Crippen molar-refractivity contribution in [3.8, 4) is 11.5 Å². The molecule has 2 aliphatic rings. The van der Waals surface area contributed by atoms with E-state index in [4.69, 9.17) is 14.2 Å². The molecular formula is C24H24N4O6. The predicted molar refractivity (Wildman–Crippen MR) is 122 cm³/mol. The minimum absolute atomic E-state index is 0.0599. The van der Waals surface area contributed by atoms with Gasteiger partial charge in [0.05, 0.1) is 11.9 Å². The third-order valence-corrected chi connectivity index (χ3v) is 5.85. The van der Waals surface area contributed by atoms with E-state index in [0.29, 0.717) is 22.6 Å². The first-order valence-corrected chi connectivity index (χ1v) is 11.2. The second-order valence-corrected chi connectivity index (χ2v) is 8.32. The first-order chi connectivity index (χ1) is 16.5. The number of para-hydroxylation sites is 1. The second-order valence-electron chi connectivity index (χ2n) is 8.32. The van der Waals surface area contributed by atoms with Gasteiger partial charge in [0.2, 0.25) is 0 Å². The van der Waals surface area contributed by atoms with Gasteiger partial charge < -0.3 is 24.8 Å². The number of aromatic amines is 1. The Morgan fingerprint density at radius 2 is 1.85 bits per heavy atom. The lowest BCUT2D eigenvalue weighted by Gasteiger charge is -2.21. The van der Waals surface area contributed by atoms with Gasteiger partial charge in [0.1, 0.15) is 0 Å². The number of benzene rings is 2. The summed E-state index contributed by atoms with van der Waals surface area (Å²) in [5.41, 5.74) is 1.53. The van der Waals surface area contributed by atoms with Gasteiger partial charge in [-0.05, 0) is 31.0 Å². The summed E-state index contributed by atoms with van der Waals surface area (Å²) in [6, 6.07) is 12.4. The van der Waals surface area contributed by atoms with E-state index in [1.807, 2.05) is 18.2 Å². The molecule has 0 radical (unpaired) electrons. The van der Waals surface area contributed by atoms with Gasteiger partial charge in [-0.2, -0.15) is 5.10 Å². The van der Waals surface area contributed by atoms with Crippen molar-refractivity contribution in [3.05, 3.63) is 48.2 Å². The lowest BCUT2D eigenvalue weighted by atomic mass is 10.2. The fourth-order valence-electron chi connectivity index (χ4n) is 4.20. The van der Waals surface area contributed by atoms with Crippen molar-refractivity contribution in [1.82, 2.24) is 15.5 Å². The van der Waals surface area contributed by atoms with Crippen molar-refractivity contribution < 1.29 is 28.6 Å². The Morgan fingerprint density at radius 1 is 1.06 bits per heavy atom. The van der Waals surface area contributed by atoms with Crippen LogP contribution in [0.3, 0.4) is 0 Å². The highest BCUT2D eigenvalue weighted by Gasteiger charge is 2.44. The highest BCUT2D eigenvalue weighted by Crippen LogP contribution is 2.47. The molecule has 0 bridgehead atoms.